The molecule has 0 aliphatic carbocycles. The van der Waals surface area contributed by atoms with Crippen LogP contribution in [0.2, 0.25) is 0 Å². The highest BCUT2D eigenvalue weighted by Gasteiger charge is 2.11. The van der Waals surface area contributed by atoms with E-state index in [-0.39, 0.29) is 6.04 Å². The zero-order chi connectivity index (χ0) is 12.8. The van der Waals surface area contributed by atoms with Crippen LogP contribution in [0.3, 0.4) is 0 Å². The third-order valence-electron chi connectivity index (χ3n) is 2.78. The lowest BCUT2D eigenvalue weighted by molar-refractivity contribution is 0.414. The first-order chi connectivity index (χ1) is 8.83. The largest absolute Gasteiger partial charge is 0.497 e. The molecule has 0 amide bonds. The molecule has 3 N–H and O–H groups in total. The third kappa shape index (κ3) is 3.03. The summed E-state index contributed by atoms with van der Waals surface area (Å²) in [5, 5.41) is 7.62. The molecule has 2 rings (SSSR count). The number of rotatable bonds is 5. The SMILES string of the molecule is COc1cccc(CC(NN)c2ccnnc2)c1. The van der Waals surface area contributed by atoms with Gasteiger partial charge in [0, 0.05) is 6.20 Å². The second kappa shape index (κ2) is 6.09. The summed E-state index contributed by atoms with van der Waals surface area (Å²) < 4.78 is 5.20. The zero-order valence-electron chi connectivity index (χ0n) is 10.2. The number of ether oxygens (including phenoxy) is 1. The Morgan fingerprint density at radius 2 is 2.22 bits per heavy atom. The molecule has 2 aromatic rings. The van der Waals surface area contributed by atoms with Crippen molar-refractivity contribution in [2.75, 3.05) is 7.11 Å². The highest BCUT2D eigenvalue weighted by molar-refractivity contribution is 5.30. The van der Waals surface area contributed by atoms with Crippen LogP contribution in [0.25, 0.3) is 0 Å². The number of hydrazine groups is 1. The maximum atomic E-state index is 5.59. The summed E-state index contributed by atoms with van der Waals surface area (Å²) in [5.74, 6) is 6.44. The molecule has 1 heterocycles. The smallest absolute Gasteiger partial charge is 0.119 e. The Bertz CT molecular complexity index is 489. The Labute approximate surface area is 106 Å². The Morgan fingerprint density at radius 1 is 1.33 bits per heavy atom. The molecule has 0 radical (unpaired) electrons. The lowest BCUT2D eigenvalue weighted by atomic mass is 10.0. The number of nitrogens with one attached hydrogen (secondary N) is 1. The van der Waals surface area contributed by atoms with Gasteiger partial charge >= 0.3 is 0 Å². The number of methoxy groups -OCH3 is 1. The Morgan fingerprint density at radius 3 is 2.89 bits per heavy atom. The van der Waals surface area contributed by atoms with Gasteiger partial charge in [0.2, 0.25) is 0 Å². The van der Waals surface area contributed by atoms with Crippen molar-refractivity contribution in [1.82, 2.24) is 15.6 Å². The summed E-state index contributed by atoms with van der Waals surface area (Å²) in [6.07, 6.45) is 4.13. The van der Waals surface area contributed by atoms with Gasteiger partial charge in [-0.05, 0) is 35.7 Å². The monoisotopic (exact) mass is 244 g/mol. The molecule has 0 bridgehead atoms. The van der Waals surface area contributed by atoms with E-state index < -0.39 is 0 Å². The molecule has 1 unspecified atom stereocenters. The van der Waals surface area contributed by atoms with Crippen LogP contribution in [0.1, 0.15) is 17.2 Å². The summed E-state index contributed by atoms with van der Waals surface area (Å²) >= 11 is 0. The molecule has 1 aromatic carbocycles. The van der Waals surface area contributed by atoms with E-state index in [4.69, 9.17) is 10.6 Å². The van der Waals surface area contributed by atoms with E-state index in [0.717, 1.165) is 23.3 Å². The molecule has 5 heteroatoms. The number of nitrogens with two attached hydrogens (primary N) is 1. The number of aromatic nitrogens is 2. The lowest BCUT2D eigenvalue weighted by Gasteiger charge is -2.16. The molecule has 0 saturated heterocycles. The van der Waals surface area contributed by atoms with Crippen LogP contribution in [0.4, 0.5) is 0 Å². The van der Waals surface area contributed by atoms with Crippen molar-refractivity contribution in [2.24, 2.45) is 5.84 Å². The molecule has 1 atom stereocenters. The molecule has 94 valence electrons. The van der Waals surface area contributed by atoms with Gasteiger partial charge in [0.15, 0.2) is 0 Å². The molecule has 0 spiro atoms. The Hall–Kier alpha value is -1.98. The quantitative estimate of drug-likeness (QED) is 0.611. The third-order valence-corrected chi connectivity index (χ3v) is 2.78. The fraction of sp³-hybridized carbons (Fsp3) is 0.231. The first kappa shape index (κ1) is 12.5. The van der Waals surface area contributed by atoms with Gasteiger partial charge in [-0.3, -0.25) is 11.3 Å². The van der Waals surface area contributed by atoms with E-state index in [1.165, 1.54) is 0 Å². The average molecular weight is 244 g/mol. The minimum atomic E-state index is 0.00704. The van der Waals surface area contributed by atoms with E-state index in [9.17, 15) is 0 Å². The van der Waals surface area contributed by atoms with Gasteiger partial charge < -0.3 is 4.74 Å². The van der Waals surface area contributed by atoms with Gasteiger partial charge in [-0.2, -0.15) is 10.2 Å². The van der Waals surface area contributed by atoms with Crippen molar-refractivity contribution >= 4 is 0 Å². The summed E-state index contributed by atoms with van der Waals surface area (Å²) in [6, 6.07) is 9.83. The van der Waals surface area contributed by atoms with Gasteiger partial charge in [0.1, 0.15) is 5.75 Å². The van der Waals surface area contributed by atoms with Crippen molar-refractivity contribution in [3.63, 3.8) is 0 Å². The predicted octanol–water partition coefficient (Wildman–Crippen LogP) is 1.23. The minimum absolute atomic E-state index is 0.00704. The van der Waals surface area contributed by atoms with Crippen LogP contribution in [0, 0.1) is 0 Å². The lowest BCUT2D eigenvalue weighted by Crippen LogP contribution is -2.29. The molecule has 0 fully saturated rings. The van der Waals surface area contributed by atoms with Crippen molar-refractivity contribution < 1.29 is 4.74 Å². The minimum Gasteiger partial charge on any atom is -0.497 e. The molecule has 5 nitrogen and oxygen atoms in total. The van der Waals surface area contributed by atoms with E-state index in [1.54, 1.807) is 19.5 Å². The number of nitrogens with zero attached hydrogens (tertiary/aromatic N) is 2. The summed E-state index contributed by atoms with van der Waals surface area (Å²) in [6.45, 7) is 0. The average Bonchev–Trinajstić information content (AvgIpc) is 2.46. The summed E-state index contributed by atoms with van der Waals surface area (Å²) in [7, 11) is 1.66. The van der Waals surface area contributed by atoms with Gasteiger partial charge in [0.05, 0.1) is 19.3 Å². The molecule has 18 heavy (non-hydrogen) atoms. The maximum absolute atomic E-state index is 5.59. The normalized spacial score (nSPS) is 12.1. The second-order valence-corrected chi connectivity index (χ2v) is 3.95. The van der Waals surface area contributed by atoms with Crippen molar-refractivity contribution in [2.45, 2.75) is 12.5 Å². The Kier molecular flexibility index (Phi) is 4.22. The highest BCUT2D eigenvalue weighted by atomic mass is 16.5. The zero-order valence-corrected chi connectivity index (χ0v) is 10.2. The Balaban J connectivity index is 2.15. The van der Waals surface area contributed by atoms with E-state index >= 15 is 0 Å². The fourth-order valence-electron chi connectivity index (χ4n) is 1.82. The molecule has 0 aliphatic heterocycles. The predicted molar refractivity (Wildman–Crippen MR) is 68.8 cm³/mol. The summed E-state index contributed by atoms with van der Waals surface area (Å²) in [5.41, 5.74) is 4.95. The van der Waals surface area contributed by atoms with Crippen LogP contribution in [0.15, 0.2) is 42.7 Å². The molecule has 0 aliphatic rings. The first-order valence-corrected chi connectivity index (χ1v) is 5.69. The van der Waals surface area contributed by atoms with Crippen LogP contribution in [-0.4, -0.2) is 17.3 Å². The van der Waals surface area contributed by atoms with Gasteiger partial charge in [-0.25, -0.2) is 0 Å². The van der Waals surface area contributed by atoms with Crippen LogP contribution in [-0.2, 0) is 6.42 Å². The maximum Gasteiger partial charge on any atom is 0.119 e. The summed E-state index contributed by atoms with van der Waals surface area (Å²) in [4.78, 5) is 0. The van der Waals surface area contributed by atoms with Crippen LogP contribution >= 0.6 is 0 Å². The number of hydrogen-bond donors (Lipinski definition) is 2. The fourth-order valence-corrected chi connectivity index (χ4v) is 1.82. The van der Waals surface area contributed by atoms with Gasteiger partial charge in [-0.15, -0.1) is 0 Å². The van der Waals surface area contributed by atoms with Gasteiger partial charge in [0.25, 0.3) is 0 Å². The highest BCUT2D eigenvalue weighted by Crippen LogP contribution is 2.19. The molecule has 0 saturated carbocycles. The van der Waals surface area contributed by atoms with E-state index in [1.807, 2.05) is 30.3 Å². The van der Waals surface area contributed by atoms with Crippen molar-refractivity contribution in [3.05, 3.63) is 53.9 Å². The topological polar surface area (TPSA) is 73.1 Å². The number of benzene rings is 1. The standard InChI is InChI=1S/C13H16N4O/c1-18-12-4-2-3-10(7-12)8-13(17-14)11-5-6-15-16-9-11/h2-7,9,13,17H,8,14H2,1H3. The molecular weight excluding hydrogens is 228 g/mol. The van der Waals surface area contributed by atoms with Gasteiger partial charge in [-0.1, -0.05) is 12.1 Å². The first-order valence-electron chi connectivity index (χ1n) is 5.69. The van der Waals surface area contributed by atoms with E-state index in [0.29, 0.717) is 0 Å². The van der Waals surface area contributed by atoms with Crippen molar-refractivity contribution in [1.29, 1.82) is 0 Å². The van der Waals surface area contributed by atoms with E-state index in [2.05, 4.69) is 15.6 Å². The van der Waals surface area contributed by atoms with Crippen LogP contribution < -0.4 is 16.0 Å². The van der Waals surface area contributed by atoms with Crippen molar-refractivity contribution in [3.8, 4) is 5.75 Å². The second-order valence-electron chi connectivity index (χ2n) is 3.95. The number of hydrogen-bond acceptors (Lipinski definition) is 5. The molecular formula is C13H16N4O. The van der Waals surface area contributed by atoms with Crippen LogP contribution in [0.5, 0.6) is 5.75 Å². The molecule has 1 aromatic heterocycles.